The smallest absolute Gasteiger partial charge is 0.0127 e. The second-order valence-electron chi connectivity index (χ2n) is 6.72. The summed E-state index contributed by atoms with van der Waals surface area (Å²) in [6.45, 7) is 19.4. The Labute approximate surface area is 129 Å². The van der Waals surface area contributed by atoms with Gasteiger partial charge in [-0.15, -0.1) is 0 Å². The zero-order chi connectivity index (χ0) is 11.1. The van der Waals surface area contributed by atoms with Crippen molar-refractivity contribution in [2.45, 2.75) is 59.5 Å². The van der Waals surface area contributed by atoms with E-state index in [1.165, 1.54) is 13.0 Å². The van der Waals surface area contributed by atoms with Gasteiger partial charge in [0.25, 0.3) is 0 Å². The maximum absolute atomic E-state index is 4.31. The number of rotatable bonds is 0. The van der Waals surface area contributed by atoms with Gasteiger partial charge in [-0.2, -0.15) is 5.92 Å². The quantitative estimate of drug-likeness (QED) is 0.615. The molecule has 2 heteroatoms. The van der Waals surface area contributed by atoms with E-state index in [1.807, 2.05) is 0 Å². The maximum Gasteiger partial charge on any atom is 0.0127 e. The number of likely N-dealkylation sites (tertiary alicyclic amines) is 1. The van der Waals surface area contributed by atoms with Crippen LogP contribution < -0.4 is 0 Å². The molecule has 1 saturated heterocycles. The van der Waals surface area contributed by atoms with E-state index in [4.69, 9.17) is 0 Å². The summed E-state index contributed by atoms with van der Waals surface area (Å²) in [6.07, 6.45) is 1.25. The molecule has 0 aromatic carbocycles. The van der Waals surface area contributed by atoms with Crippen molar-refractivity contribution in [2.24, 2.45) is 11.3 Å². The van der Waals surface area contributed by atoms with Crippen molar-refractivity contribution in [1.82, 2.24) is 4.90 Å². The van der Waals surface area contributed by atoms with E-state index >= 15 is 0 Å². The Hall–Kier alpha value is 1.06. The first-order chi connectivity index (χ1) is 6.14. The minimum absolute atomic E-state index is 0. The van der Waals surface area contributed by atoms with Crippen LogP contribution >= 0.6 is 0 Å². The summed E-state index contributed by atoms with van der Waals surface area (Å²) >= 11 is 0. The van der Waals surface area contributed by atoms with Crippen LogP contribution in [0, 0.1) is 25.7 Å². The molecule has 0 spiro atoms. The average molecular weight is 300 g/mol. The van der Waals surface area contributed by atoms with Crippen LogP contribution in [-0.2, 0) is 32.7 Å². The first-order valence-corrected chi connectivity index (χ1v) is 5.74. The van der Waals surface area contributed by atoms with Gasteiger partial charge >= 0.3 is 0 Å². The molecule has 1 rings (SSSR count). The van der Waals surface area contributed by atoms with Crippen LogP contribution in [-0.4, -0.2) is 23.0 Å². The summed E-state index contributed by atoms with van der Waals surface area (Å²) in [7, 11) is 0. The standard InChI is InChI=1S/C13H26N.CH3.Y/c1-10-8-9-14(13(5,6)7)11(10)12(2,3)4;;/h10-11H,1,8-9H2,2-7H3;1H3;/q2*-1;. The minimum Gasteiger partial charge on any atom is -0.358 e. The summed E-state index contributed by atoms with van der Waals surface area (Å²) in [5.74, 6) is 0.592. The minimum atomic E-state index is 0. The van der Waals surface area contributed by atoms with Gasteiger partial charge < -0.3 is 14.4 Å². The van der Waals surface area contributed by atoms with Gasteiger partial charge in [0.1, 0.15) is 0 Å². The molecule has 1 nitrogen and oxygen atoms in total. The van der Waals surface area contributed by atoms with E-state index in [2.05, 4.69) is 53.4 Å². The van der Waals surface area contributed by atoms with Gasteiger partial charge in [0.2, 0.25) is 0 Å². The monoisotopic (exact) mass is 300 g/mol. The average Bonchev–Trinajstić information content (AvgIpc) is 2.27. The van der Waals surface area contributed by atoms with Gasteiger partial charge in [-0.25, -0.2) is 0 Å². The van der Waals surface area contributed by atoms with Crippen molar-refractivity contribution in [3.05, 3.63) is 14.4 Å². The van der Waals surface area contributed by atoms with E-state index < -0.39 is 0 Å². The molecule has 0 amide bonds. The van der Waals surface area contributed by atoms with Gasteiger partial charge in [0, 0.05) is 38.2 Å². The summed E-state index contributed by atoms with van der Waals surface area (Å²) in [6, 6.07) is 0.627. The van der Waals surface area contributed by atoms with Gasteiger partial charge in [-0.3, -0.25) is 4.90 Å². The second kappa shape index (κ2) is 6.29. The van der Waals surface area contributed by atoms with E-state index in [9.17, 15) is 0 Å². The number of hydrogen-bond donors (Lipinski definition) is 0. The molecule has 0 bridgehead atoms. The predicted octanol–water partition coefficient (Wildman–Crippen LogP) is 3.80. The van der Waals surface area contributed by atoms with Crippen molar-refractivity contribution in [2.75, 3.05) is 6.54 Å². The topological polar surface area (TPSA) is 3.24 Å². The Kier molecular flexibility index (Phi) is 7.63. The molecule has 1 heterocycles. The molecule has 1 fully saturated rings. The van der Waals surface area contributed by atoms with Crippen LogP contribution in [0.25, 0.3) is 0 Å². The molecule has 1 aliphatic rings. The molecular weight excluding hydrogens is 271 g/mol. The molecule has 2 unspecified atom stereocenters. The van der Waals surface area contributed by atoms with Crippen molar-refractivity contribution in [3.63, 3.8) is 0 Å². The molecule has 0 aromatic rings. The van der Waals surface area contributed by atoms with E-state index in [0.29, 0.717) is 17.4 Å². The normalized spacial score (nSPS) is 27.2. The molecule has 1 radical (unpaired) electrons. The first kappa shape index (κ1) is 19.4. The van der Waals surface area contributed by atoms with Crippen LogP contribution in [0.4, 0.5) is 0 Å². The van der Waals surface area contributed by atoms with Crippen LogP contribution in [0.5, 0.6) is 0 Å². The third-order valence-electron chi connectivity index (χ3n) is 3.27. The molecule has 1 aliphatic heterocycles. The Balaban J connectivity index is 0. The molecule has 16 heavy (non-hydrogen) atoms. The maximum atomic E-state index is 4.31. The van der Waals surface area contributed by atoms with E-state index in [0.717, 1.165) is 0 Å². The number of nitrogens with zero attached hydrogens (tertiary/aromatic N) is 1. The van der Waals surface area contributed by atoms with E-state index in [1.54, 1.807) is 0 Å². The SMILES string of the molecule is [CH2-]C1CCN(C(C)(C)C)C1C(C)(C)C.[CH3-].[Y]. The van der Waals surface area contributed by atoms with E-state index in [-0.39, 0.29) is 45.7 Å². The molecule has 95 valence electrons. The molecule has 0 saturated carbocycles. The fraction of sp³-hybridized carbons (Fsp3) is 0.857. The van der Waals surface area contributed by atoms with Gasteiger partial charge in [0.15, 0.2) is 0 Å². The van der Waals surface area contributed by atoms with Gasteiger partial charge in [0.05, 0.1) is 0 Å². The van der Waals surface area contributed by atoms with Crippen LogP contribution in [0.3, 0.4) is 0 Å². The zero-order valence-electron chi connectivity index (χ0n) is 12.3. The fourth-order valence-electron chi connectivity index (χ4n) is 2.78. The van der Waals surface area contributed by atoms with Crippen LogP contribution in [0.1, 0.15) is 48.0 Å². The largest absolute Gasteiger partial charge is 0.358 e. The summed E-state index contributed by atoms with van der Waals surface area (Å²) < 4.78 is 0. The summed E-state index contributed by atoms with van der Waals surface area (Å²) in [4.78, 5) is 2.63. The third-order valence-corrected chi connectivity index (χ3v) is 3.27. The van der Waals surface area contributed by atoms with Crippen molar-refractivity contribution < 1.29 is 32.7 Å². The van der Waals surface area contributed by atoms with Crippen LogP contribution in [0.15, 0.2) is 0 Å². The number of hydrogen-bond acceptors (Lipinski definition) is 1. The predicted molar refractivity (Wildman–Crippen MR) is 69.6 cm³/mol. The Morgan fingerprint density at radius 1 is 1.06 bits per heavy atom. The Morgan fingerprint density at radius 2 is 1.50 bits per heavy atom. The van der Waals surface area contributed by atoms with Crippen molar-refractivity contribution in [3.8, 4) is 0 Å². The fourth-order valence-corrected chi connectivity index (χ4v) is 2.78. The molecular formula is C14H29NY-2. The molecule has 0 aliphatic carbocycles. The van der Waals surface area contributed by atoms with Crippen LogP contribution in [0.2, 0.25) is 0 Å². The molecule has 0 aromatic heterocycles. The third kappa shape index (κ3) is 4.39. The van der Waals surface area contributed by atoms with Gasteiger partial charge in [-0.1, -0.05) is 27.2 Å². The Bertz CT molecular complexity index is 200. The summed E-state index contributed by atoms with van der Waals surface area (Å²) in [5, 5.41) is 0. The van der Waals surface area contributed by atoms with Crippen molar-refractivity contribution >= 4 is 0 Å². The second-order valence-corrected chi connectivity index (χ2v) is 6.72. The molecule has 2 atom stereocenters. The summed E-state index contributed by atoms with van der Waals surface area (Å²) in [5.41, 5.74) is 0.626. The zero-order valence-corrected chi connectivity index (χ0v) is 15.1. The Morgan fingerprint density at radius 3 is 1.75 bits per heavy atom. The van der Waals surface area contributed by atoms with Gasteiger partial charge in [-0.05, 0) is 38.8 Å². The molecule has 0 N–H and O–H groups in total. The first-order valence-electron chi connectivity index (χ1n) is 5.74. The van der Waals surface area contributed by atoms with Crippen molar-refractivity contribution in [1.29, 1.82) is 0 Å².